The molecule has 0 fully saturated rings. The van der Waals surface area contributed by atoms with Crippen molar-refractivity contribution in [1.82, 2.24) is 0 Å². The molecule has 1 nitrogen and oxygen atoms in total. The first-order valence-corrected chi connectivity index (χ1v) is 4.45. The molecule has 0 aliphatic carbocycles. The maximum absolute atomic E-state index is 8.54. The molecule has 0 N–H and O–H groups in total. The minimum Gasteiger partial charge on any atom is -0.192 e. The van der Waals surface area contributed by atoms with Crippen molar-refractivity contribution in [2.75, 3.05) is 5.88 Å². The summed E-state index contributed by atoms with van der Waals surface area (Å²) >= 11 is 5.47. The van der Waals surface area contributed by atoms with Crippen molar-refractivity contribution in [1.29, 1.82) is 5.26 Å². The molecule has 64 valence electrons. The molecule has 0 aromatic heterocycles. The topological polar surface area (TPSA) is 23.8 Å². The van der Waals surface area contributed by atoms with E-state index in [1.54, 1.807) is 12.1 Å². The lowest BCUT2D eigenvalue weighted by atomic mass is 10.1. The predicted molar refractivity (Wildman–Crippen MR) is 53.4 cm³/mol. The lowest BCUT2D eigenvalue weighted by molar-refractivity contribution is 1.29. The van der Waals surface area contributed by atoms with E-state index in [-0.39, 0.29) is 0 Å². The molecular formula is C11H8ClN. The van der Waals surface area contributed by atoms with Crippen molar-refractivity contribution in [3.05, 3.63) is 35.4 Å². The standard InChI is InChI=1S/C11H8ClN/c12-8-2-1-3-10-4-6-11(9-13)7-5-10/h4-7H,2,8H2. The lowest BCUT2D eigenvalue weighted by Crippen LogP contribution is -1.76. The van der Waals surface area contributed by atoms with Gasteiger partial charge in [0.2, 0.25) is 0 Å². The van der Waals surface area contributed by atoms with Crippen LogP contribution < -0.4 is 0 Å². The van der Waals surface area contributed by atoms with Crippen molar-refractivity contribution in [3.63, 3.8) is 0 Å². The van der Waals surface area contributed by atoms with Gasteiger partial charge in [-0.3, -0.25) is 0 Å². The number of halogens is 1. The molecule has 0 aliphatic rings. The van der Waals surface area contributed by atoms with Gasteiger partial charge in [0.1, 0.15) is 0 Å². The summed E-state index contributed by atoms with van der Waals surface area (Å²) in [6.07, 6.45) is 0.696. The number of benzene rings is 1. The van der Waals surface area contributed by atoms with Crippen LogP contribution in [0.5, 0.6) is 0 Å². The molecule has 0 aliphatic heterocycles. The van der Waals surface area contributed by atoms with Crippen LogP contribution in [0.15, 0.2) is 24.3 Å². The van der Waals surface area contributed by atoms with Gasteiger partial charge in [-0.2, -0.15) is 5.26 Å². The fourth-order valence-electron chi connectivity index (χ4n) is 0.840. The third-order valence-electron chi connectivity index (χ3n) is 1.47. The number of hydrogen-bond acceptors (Lipinski definition) is 1. The maximum atomic E-state index is 8.54. The van der Waals surface area contributed by atoms with Crippen LogP contribution in [-0.4, -0.2) is 5.88 Å². The van der Waals surface area contributed by atoms with Crippen molar-refractivity contribution in [2.24, 2.45) is 0 Å². The highest BCUT2D eigenvalue weighted by Gasteiger charge is 1.88. The smallest absolute Gasteiger partial charge is 0.0991 e. The van der Waals surface area contributed by atoms with Crippen LogP contribution in [0.1, 0.15) is 17.5 Å². The highest BCUT2D eigenvalue weighted by molar-refractivity contribution is 6.18. The SMILES string of the molecule is N#Cc1ccc(C#CCCCl)cc1. The zero-order valence-corrected chi connectivity index (χ0v) is 7.80. The molecule has 0 spiro atoms. The van der Waals surface area contributed by atoms with Gasteiger partial charge in [0.05, 0.1) is 11.6 Å². The summed E-state index contributed by atoms with van der Waals surface area (Å²) in [6, 6.07) is 9.23. The Hall–Kier alpha value is -1.44. The molecule has 0 saturated heterocycles. The Morgan fingerprint density at radius 3 is 2.31 bits per heavy atom. The normalized spacial score (nSPS) is 8.31. The number of nitrogens with zero attached hydrogens (tertiary/aromatic N) is 1. The summed E-state index contributed by atoms with van der Waals surface area (Å²) in [5.74, 6) is 6.44. The fraction of sp³-hybridized carbons (Fsp3) is 0.182. The van der Waals surface area contributed by atoms with Gasteiger partial charge in [-0.05, 0) is 24.3 Å². The van der Waals surface area contributed by atoms with Gasteiger partial charge in [0.25, 0.3) is 0 Å². The molecule has 0 heterocycles. The van der Waals surface area contributed by atoms with E-state index in [1.807, 2.05) is 12.1 Å². The molecule has 0 saturated carbocycles. The van der Waals surface area contributed by atoms with E-state index in [0.717, 1.165) is 5.56 Å². The minimum absolute atomic E-state index is 0.559. The Bertz CT molecular complexity index is 362. The second-order valence-electron chi connectivity index (χ2n) is 2.43. The maximum Gasteiger partial charge on any atom is 0.0991 e. The average Bonchev–Trinajstić information content (AvgIpc) is 2.19. The van der Waals surface area contributed by atoms with E-state index >= 15 is 0 Å². The van der Waals surface area contributed by atoms with E-state index in [9.17, 15) is 0 Å². The first-order chi connectivity index (χ1) is 6.36. The van der Waals surface area contributed by atoms with Gasteiger partial charge in [0.15, 0.2) is 0 Å². The molecular weight excluding hydrogens is 182 g/mol. The Balaban J connectivity index is 2.72. The summed E-state index contributed by atoms with van der Waals surface area (Å²) < 4.78 is 0. The predicted octanol–water partition coefficient (Wildman–Crippen LogP) is 2.54. The van der Waals surface area contributed by atoms with E-state index < -0.39 is 0 Å². The largest absolute Gasteiger partial charge is 0.192 e. The second kappa shape index (κ2) is 5.25. The molecule has 1 aromatic carbocycles. The van der Waals surface area contributed by atoms with E-state index in [4.69, 9.17) is 16.9 Å². The number of hydrogen-bond donors (Lipinski definition) is 0. The van der Waals surface area contributed by atoms with Crippen molar-refractivity contribution in [2.45, 2.75) is 6.42 Å². The van der Waals surface area contributed by atoms with E-state index in [2.05, 4.69) is 17.9 Å². The summed E-state index contributed by atoms with van der Waals surface area (Å²) in [7, 11) is 0. The Morgan fingerprint density at radius 2 is 1.77 bits per heavy atom. The van der Waals surface area contributed by atoms with Gasteiger partial charge in [-0.25, -0.2) is 0 Å². The molecule has 1 aromatic rings. The highest BCUT2D eigenvalue weighted by atomic mass is 35.5. The molecule has 0 unspecified atom stereocenters. The quantitative estimate of drug-likeness (QED) is 0.492. The fourth-order valence-corrected chi connectivity index (χ4v) is 0.934. The zero-order valence-electron chi connectivity index (χ0n) is 7.05. The minimum atomic E-state index is 0.559. The second-order valence-corrected chi connectivity index (χ2v) is 2.81. The van der Waals surface area contributed by atoms with Crippen LogP contribution in [0.2, 0.25) is 0 Å². The molecule has 0 amide bonds. The van der Waals surface area contributed by atoms with Gasteiger partial charge >= 0.3 is 0 Å². The van der Waals surface area contributed by atoms with Crippen LogP contribution >= 0.6 is 11.6 Å². The van der Waals surface area contributed by atoms with Gasteiger partial charge in [0, 0.05) is 17.9 Å². The number of alkyl halides is 1. The van der Waals surface area contributed by atoms with Crippen molar-refractivity contribution < 1.29 is 0 Å². The van der Waals surface area contributed by atoms with Crippen molar-refractivity contribution >= 4 is 11.6 Å². The monoisotopic (exact) mass is 189 g/mol. The molecule has 13 heavy (non-hydrogen) atoms. The van der Waals surface area contributed by atoms with Crippen LogP contribution in [0.25, 0.3) is 0 Å². The molecule has 0 atom stereocenters. The van der Waals surface area contributed by atoms with Crippen LogP contribution in [0, 0.1) is 23.2 Å². The van der Waals surface area contributed by atoms with E-state index in [0.29, 0.717) is 17.9 Å². The van der Waals surface area contributed by atoms with Gasteiger partial charge < -0.3 is 0 Å². The summed E-state index contributed by atoms with van der Waals surface area (Å²) in [4.78, 5) is 0. The average molecular weight is 190 g/mol. The van der Waals surface area contributed by atoms with Crippen LogP contribution in [0.4, 0.5) is 0 Å². The van der Waals surface area contributed by atoms with Gasteiger partial charge in [-0.1, -0.05) is 11.8 Å². The molecule has 0 radical (unpaired) electrons. The van der Waals surface area contributed by atoms with Crippen LogP contribution in [0.3, 0.4) is 0 Å². The Morgan fingerprint density at radius 1 is 1.15 bits per heavy atom. The summed E-state index contributed by atoms with van der Waals surface area (Å²) in [6.45, 7) is 0. The third kappa shape index (κ3) is 3.20. The first kappa shape index (κ1) is 9.65. The number of nitriles is 1. The van der Waals surface area contributed by atoms with Gasteiger partial charge in [-0.15, -0.1) is 11.6 Å². The van der Waals surface area contributed by atoms with E-state index in [1.165, 1.54) is 0 Å². The summed E-state index contributed by atoms with van der Waals surface area (Å²) in [5, 5.41) is 8.54. The summed E-state index contributed by atoms with van der Waals surface area (Å²) in [5.41, 5.74) is 1.58. The first-order valence-electron chi connectivity index (χ1n) is 3.92. The zero-order chi connectivity index (χ0) is 9.52. The Labute approximate surface area is 83.0 Å². The lowest BCUT2D eigenvalue weighted by Gasteiger charge is -1.89. The molecule has 2 heteroatoms. The van der Waals surface area contributed by atoms with Crippen LogP contribution in [-0.2, 0) is 0 Å². The number of rotatable bonds is 1. The van der Waals surface area contributed by atoms with Crippen molar-refractivity contribution in [3.8, 4) is 17.9 Å². The molecule has 1 rings (SSSR count). The molecule has 0 bridgehead atoms. The highest BCUT2D eigenvalue weighted by Crippen LogP contribution is 2.01. The third-order valence-corrected chi connectivity index (χ3v) is 1.66. The Kier molecular flexibility index (Phi) is 3.89.